The molecule has 1 fully saturated rings. The summed E-state index contributed by atoms with van der Waals surface area (Å²) >= 11 is 0. The fourth-order valence-electron chi connectivity index (χ4n) is 1.76. The lowest BCUT2D eigenvalue weighted by Crippen LogP contribution is -2.15. The average molecular weight is 179 g/mol. The Balaban J connectivity index is 2.18. The zero-order valence-electron chi connectivity index (χ0n) is 7.42. The fourth-order valence-corrected chi connectivity index (χ4v) is 1.76. The Morgan fingerprint density at radius 3 is 2.85 bits per heavy atom. The lowest BCUT2D eigenvalue weighted by atomic mass is 9.91. The molecule has 1 saturated heterocycles. The maximum absolute atomic E-state index is 13.3. The van der Waals surface area contributed by atoms with Crippen LogP contribution in [0.15, 0.2) is 18.2 Å². The van der Waals surface area contributed by atoms with Crippen LogP contribution in [-0.2, 0) is 4.74 Å². The number of ether oxygens (including phenoxy) is 1. The van der Waals surface area contributed by atoms with Crippen LogP contribution in [0.5, 0.6) is 0 Å². The van der Waals surface area contributed by atoms with Gasteiger partial charge in [-0.2, -0.15) is 0 Å². The second-order valence-electron chi connectivity index (χ2n) is 3.33. The van der Waals surface area contributed by atoms with Gasteiger partial charge in [0, 0.05) is 13.2 Å². The topological polar surface area (TPSA) is 9.23 Å². The summed E-state index contributed by atoms with van der Waals surface area (Å²) < 4.78 is 18.5. The molecule has 0 saturated carbocycles. The Labute approximate surface area is 77.5 Å². The van der Waals surface area contributed by atoms with Gasteiger partial charge in [-0.1, -0.05) is 12.1 Å². The van der Waals surface area contributed by atoms with E-state index >= 15 is 0 Å². The molecule has 1 aromatic rings. The molecular weight excluding hydrogens is 167 g/mol. The van der Waals surface area contributed by atoms with Crippen LogP contribution in [0, 0.1) is 11.9 Å². The van der Waals surface area contributed by atoms with Gasteiger partial charge in [0.2, 0.25) is 0 Å². The third-order valence-electron chi connectivity index (χ3n) is 2.51. The van der Waals surface area contributed by atoms with Gasteiger partial charge >= 0.3 is 0 Å². The predicted octanol–water partition coefficient (Wildman–Crippen LogP) is 2.52. The number of rotatable bonds is 1. The zero-order valence-corrected chi connectivity index (χ0v) is 7.42. The van der Waals surface area contributed by atoms with E-state index < -0.39 is 0 Å². The van der Waals surface area contributed by atoms with E-state index in [4.69, 9.17) is 4.74 Å². The summed E-state index contributed by atoms with van der Waals surface area (Å²) in [6.45, 7) is 1.51. The van der Waals surface area contributed by atoms with Gasteiger partial charge in [0.15, 0.2) is 0 Å². The summed E-state index contributed by atoms with van der Waals surface area (Å²) in [5.41, 5.74) is 0.821. The van der Waals surface area contributed by atoms with E-state index in [9.17, 15) is 4.39 Å². The van der Waals surface area contributed by atoms with E-state index in [2.05, 4.69) is 6.07 Å². The molecule has 2 rings (SSSR count). The van der Waals surface area contributed by atoms with E-state index in [0.29, 0.717) is 5.92 Å². The van der Waals surface area contributed by atoms with Crippen molar-refractivity contribution in [2.75, 3.05) is 13.2 Å². The van der Waals surface area contributed by atoms with Crippen LogP contribution in [0.2, 0.25) is 0 Å². The molecule has 1 aromatic carbocycles. The van der Waals surface area contributed by atoms with Crippen molar-refractivity contribution in [1.29, 1.82) is 0 Å². The summed E-state index contributed by atoms with van der Waals surface area (Å²) in [5.74, 6) is 0.206. The van der Waals surface area contributed by atoms with Crippen LogP contribution < -0.4 is 0 Å². The minimum Gasteiger partial charge on any atom is -0.381 e. The fraction of sp³-hybridized carbons (Fsp3) is 0.455. The number of hydrogen-bond acceptors (Lipinski definition) is 1. The third kappa shape index (κ3) is 1.89. The van der Waals surface area contributed by atoms with Crippen LogP contribution in [0.4, 0.5) is 4.39 Å². The zero-order chi connectivity index (χ0) is 9.10. The Hall–Kier alpha value is -0.890. The summed E-state index contributed by atoms with van der Waals surface area (Å²) in [6, 6.07) is 7.74. The molecule has 69 valence electrons. The maximum atomic E-state index is 13.3. The van der Waals surface area contributed by atoms with E-state index in [1.807, 2.05) is 6.07 Å². The van der Waals surface area contributed by atoms with Gasteiger partial charge in [0.05, 0.1) is 0 Å². The van der Waals surface area contributed by atoms with Crippen LogP contribution in [0.1, 0.15) is 24.3 Å². The molecule has 0 unspecified atom stereocenters. The smallest absolute Gasteiger partial charge is 0.127 e. The van der Waals surface area contributed by atoms with Crippen molar-refractivity contribution in [2.45, 2.75) is 18.8 Å². The second kappa shape index (κ2) is 3.88. The summed E-state index contributed by atoms with van der Waals surface area (Å²) in [7, 11) is 0. The van der Waals surface area contributed by atoms with Crippen LogP contribution in [0.3, 0.4) is 0 Å². The highest BCUT2D eigenvalue weighted by atomic mass is 19.1. The molecule has 0 spiro atoms. The monoisotopic (exact) mass is 179 g/mol. The first-order chi connectivity index (χ1) is 6.38. The quantitative estimate of drug-likeness (QED) is 0.643. The molecule has 13 heavy (non-hydrogen) atoms. The summed E-state index contributed by atoms with van der Waals surface area (Å²) in [6.07, 6.45) is 1.86. The minimum atomic E-state index is -0.130. The maximum Gasteiger partial charge on any atom is 0.127 e. The molecule has 0 aliphatic carbocycles. The van der Waals surface area contributed by atoms with Crippen molar-refractivity contribution in [3.05, 3.63) is 35.6 Å². The largest absolute Gasteiger partial charge is 0.381 e. The molecule has 0 N–H and O–H groups in total. The van der Waals surface area contributed by atoms with Gasteiger partial charge < -0.3 is 4.74 Å². The molecule has 1 aliphatic heterocycles. The molecule has 0 bridgehead atoms. The molecule has 0 amide bonds. The minimum absolute atomic E-state index is 0.130. The number of halogens is 1. The van der Waals surface area contributed by atoms with Crippen molar-refractivity contribution in [1.82, 2.24) is 0 Å². The summed E-state index contributed by atoms with van der Waals surface area (Å²) in [5, 5.41) is 0. The van der Waals surface area contributed by atoms with Gasteiger partial charge in [0.1, 0.15) is 5.82 Å². The van der Waals surface area contributed by atoms with Crippen molar-refractivity contribution in [2.24, 2.45) is 0 Å². The molecule has 1 aliphatic rings. The molecule has 0 aromatic heterocycles. The lowest BCUT2D eigenvalue weighted by Gasteiger charge is -2.22. The highest BCUT2D eigenvalue weighted by molar-refractivity contribution is 5.21. The Bertz CT molecular complexity index is 279. The second-order valence-corrected chi connectivity index (χ2v) is 3.33. The molecule has 2 heteroatoms. The Morgan fingerprint density at radius 1 is 1.38 bits per heavy atom. The molecule has 1 nitrogen and oxygen atoms in total. The molecular formula is C11H12FO. The third-order valence-corrected chi connectivity index (χ3v) is 2.51. The molecule has 1 heterocycles. The van der Waals surface area contributed by atoms with Crippen molar-refractivity contribution in [3.63, 3.8) is 0 Å². The highest BCUT2D eigenvalue weighted by Gasteiger charge is 2.18. The van der Waals surface area contributed by atoms with E-state index in [1.165, 1.54) is 6.07 Å². The van der Waals surface area contributed by atoms with Gasteiger partial charge in [-0.25, -0.2) is 4.39 Å². The van der Waals surface area contributed by atoms with Crippen molar-refractivity contribution in [3.8, 4) is 0 Å². The first-order valence-electron chi connectivity index (χ1n) is 4.61. The average Bonchev–Trinajstić information content (AvgIpc) is 2.20. The van der Waals surface area contributed by atoms with Crippen LogP contribution in [0.25, 0.3) is 0 Å². The first-order valence-corrected chi connectivity index (χ1v) is 4.61. The normalized spacial score (nSPS) is 18.8. The van der Waals surface area contributed by atoms with E-state index in [0.717, 1.165) is 31.6 Å². The summed E-state index contributed by atoms with van der Waals surface area (Å²) in [4.78, 5) is 0. The van der Waals surface area contributed by atoms with Crippen LogP contribution in [-0.4, -0.2) is 13.2 Å². The SMILES string of the molecule is Fc1c[c]ccc1C1CCOCC1. The van der Waals surface area contributed by atoms with Crippen molar-refractivity contribution >= 4 is 0 Å². The van der Waals surface area contributed by atoms with E-state index in [-0.39, 0.29) is 5.82 Å². The standard InChI is InChI=1S/C11H12FO/c12-11-4-2-1-3-10(11)9-5-7-13-8-6-9/h1,3-4,9H,5-8H2. The number of benzene rings is 1. The predicted molar refractivity (Wildman–Crippen MR) is 48.0 cm³/mol. The van der Waals surface area contributed by atoms with Crippen LogP contribution >= 0.6 is 0 Å². The van der Waals surface area contributed by atoms with Gasteiger partial charge in [-0.05, 0) is 36.5 Å². The number of hydrogen-bond donors (Lipinski definition) is 0. The van der Waals surface area contributed by atoms with Gasteiger partial charge in [0.25, 0.3) is 0 Å². The van der Waals surface area contributed by atoms with Gasteiger partial charge in [-0.3, -0.25) is 0 Å². The van der Waals surface area contributed by atoms with Gasteiger partial charge in [-0.15, -0.1) is 0 Å². The molecule has 0 atom stereocenters. The lowest BCUT2D eigenvalue weighted by molar-refractivity contribution is 0.0846. The first kappa shape index (κ1) is 8.70. The molecule has 1 radical (unpaired) electrons. The Morgan fingerprint density at radius 2 is 2.15 bits per heavy atom. The Kier molecular flexibility index (Phi) is 2.60. The van der Waals surface area contributed by atoms with E-state index in [1.54, 1.807) is 6.07 Å². The van der Waals surface area contributed by atoms with Crippen molar-refractivity contribution < 1.29 is 9.13 Å². The highest BCUT2D eigenvalue weighted by Crippen LogP contribution is 2.28.